The molecule has 10 heavy (non-hydrogen) atoms. The van der Waals surface area contributed by atoms with Gasteiger partial charge in [-0.05, 0) is 6.42 Å². The fourth-order valence-corrected chi connectivity index (χ4v) is 0.721. The monoisotopic (exact) mass is 141 g/mol. The first-order valence-electron chi connectivity index (χ1n) is 3.13. The molecule has 1 aliphatic rings. The van der Waals surface area contributed by atoms with E-state index in [0.717, 1.165) is 19.5 Å². The summed E-state index contributed by atoms with van der Waals surface area (Å²) in [5.41, 5.74) is 10.1. The fourth-order valence-electron chi connectivity index (χ4n) is 0.721. The summed E-state index contributed by atoms with van der Waals surface area (Å²) in [7, 11) is 0. The third kappa shape index (κ3) is 1.37. The van der Waals surface area contributed by atoms with E-state index in [-0.39, 0.29) is 11.9 Å². The molecule has 1 heterocycles. The van der Waals surface area contributed by atoms with Crippen molar-refractivity contribution in [3.05, 3.63) is 0 Å². The fraction of sp³-hybridized carbons (Fsp3) is 0.600. The van der Waals surface area contributed by atoms with Gasteiger partial charge in [-0.2, -0.15) is 4.99 Å². The maximum Gasteiger partial charge on any atom is 0.221 e. The van der Waals surface area contributed by atoms with Gasteiger partial charge in [0.1, 0.15) is 0 Å². The summed E-state index contributed by atoms with van der Waals surface area (Å²) in [6.07, 6.45) is 1.13. The summed E-state index contributed by atoms with van der Waals surface area (Å²) in [5.74, 6) is 0.128. The van der Waals surface area contributed by atoms with E-state index in [4.69, 9.17) is 16.9 Å². The normalized spacial score (nSPS) is 15.8. The number of nitrogens with one attached hydrogen (secondary N) is 1. The number of rotatable bonds is 0. The topological polar surface area (TPSA) is 91.5 Å². The maximum absolute atomic E-state index is 7.25. The number of nitrogens with two attached hydrogens (primary N) is 2. The Morgan fingerprint density at radius 1 is 1.40 bits per heavy atom. The number of nitrogens with zero attached hydrogens (tertiary/aromatic N) is 2. The molecule has 0 spiro atoms. The Bertz CT molecular complexity index is 165. The zero-order chi connectivity index (χ0) is 7.56. The van der Waals surface area contributed by atoms with E-state index in [1.54, 1.807) is 4.90 Å². The third-order valence-electron chi connectivity index (χ3n) is 1.39. The van der Waals surface area contributed by atoms with Crippen LogP contribution in [-0.2, 0) is 0 Å². The van der Waals surface area contributed by atoms with Gasteiger partial charge in [0.15, 0.2) is 5.96 Å². The summed E-state index contributed by atoms with van der Waals surface area (Å²) in [4.78, 5) is 5.39. The van der Waals surface area contributed by atoms with E-state index in [1.165, 1.54) is 0 Å². The molecular weight excluding hydrogens is 130 g/mol. The van der Waals surface area contributed by atoms with E-state index in [0.29, 0.717) is 0 Å². The van der Waals surface area contributed by atoms with Crippen LogP contribution in [-0.4, -0.2) is 29.9 Å². The smallest absolute Gasteiger partial charge is 0.221 e. The lowest BCUT2D eigenvalue weighted by molar-refractivity contribution is 0.295. The largest absolute Gasteiger partial charge is 0.370 e. The second-order valence-corrected chi connectivity index (χ2v) is 2.20. The van der Waals surface area contributed by atoms with Crippen molar-refractivity contribution in [2.75, 3.05) is 13.1 Å². The quantitative estimate of drug-likeness (QED) is 0.295. The average molecular weight is 141 g/mol. The van der Waals surface area contributed by atoms with Crippen molar-refractivity contribution in [2.45, 2.75) is 6.42 Å². The molecule has 0 unspecified atom stereocenters. The highest BCUT2D eigenvalue weighted by Gasteiger charge is 2.16. The van der Waals surface area contributed by atoms with Gasteiger partial charge in [0.2, 0.25) is 5.96 Å². The van der Waals surface area contributed by atoms with Crippen LogP contribution < -0.4 is 11.5 Å². The first-order chi connectivity index (χ1) is 4.70. The Morgan fingerprint density at radius 2 is 2.00 bits per heavy atom. The zero-order valence-corrected chi connectivity index (χ0v) is 5.67. The second kappa shape index (κ2) is 2.55. The van der Waals surface area contributed by atoms with Crippen LogP contribution in [0.15, 0.2) is 4.99 Å². The lowest BCUT2D eigenvalue weighted by Crippen LogP contribution is -2.42. The van der Waals surface area contributed by atoms with Gasteiger partial charge in [0.25, 0.3) is 0 Å². The number of likely N-dealkylation sites (tertiary alicyclic amines) is 1. The van der Waals surface area contributed by atoms with Crippen LogP contribution in [0.1, 0.15) is 6.42 Å². The SMILES string of the molecule is N=C(N=C(N)N)N1CCC1. The first kappa shape index (κ1) is 6.85. The van der Waals surface area contributed by atoms with Gasteiger partial charge in [0, 0.05) is 13.1 Å². The summed E-state index contributed by atoms with van der Waals surface area (Å²) < 4.78 is 0. The summed E-state index contributed by atoms with van der Waals surface area (Å²) in [6, 6.07) is 0. The van der Waals surface area contributed by atoms with Crippen LogP contribution >= 0.6 is 0 Å². The van der Waals surface area contributed by atoms with Crippen LogP contribution in [0.3, 0.4) is 0 Å². The van der Waals surface area contributed by atoms with Crippen LogP contribution in [0.4, 0.5) is 0 Å². The van der Waals surface area contributed by atoms with Gasteiger partial charge < -0.3 is 16.4 Å². The van der Waals surface area contributed by atoms with Crippen LogP contribution in [0.2, 0.25) is 0 Å². The lowest BCUT2D eigenvalue weighted by Gasteiger charge is -2.30. The molecule has 5 nitrogen and oxygen atoms in total. The van der Waals surface area contributed by atoms with E-state index < -0.39 is 0 Å². The molecule has 0 aromatic carbocycles. The Hall–Kier alpha value is -1.26. The van der Waals surface area contributed by atoms with E-state index >= 15 is 0 Å². The number of hydrogen-bond donors (Lipinski definition) is 3. The maximum atomic E-state index is 7.25. The molecule has 1 fully saturated rings. The summed E-state index contributed by atoms with van der Waals surface area (Å²) >= 11 is 0. The summed E-state index contributed by atoms with van der Waals surface area (Å²) in [6.45, 7) is 1.80. The Labute approximate surface area is 59.2 Å². The minimum absolute atomic E-state index is 0.0445. The van der Waals surface area contributed by atoms with Crippen molar-refractivity contribution < 1.29 is 0 Å². The van der Waals surface area contributed by atoms with Crippen LogP contribution in [0.25, 0.3) is 0 Å². The Balaban J connectivity index is 2.41. The molecule has 1 saturated heterocycles. The van der Waals surface area contributed by atoms with Gasteiger partial charge in [-0.3, -0.25) is 5.41 Å². The van der Waals surface area contributed by atoms with Gasteiger partial charge in [-0.15, -0.1) is 0 Å². The highest BCUT2D eigenvalue weighted by atomic mass is 15.3. The molecule has 5 heteroatoms. The highest BCUT2D eigenvalue weighted by Crippen LogP contribution is 2.05. The first-order valence-corrected chi connectivity index (χ1v) is 3.13. The second-order valence-electron chi connectivity index (χ2n) is 2.20. The molecule has 56 valence electrons. The molecule has 0 radical (unpaired) electrons. The van der Waals surface area contributed by atoms with E-state index in [9.17, 15) is 0 Å². The molecule has 0 aromatic heterocycles. The molecule has 1 aliphatic heterocycles. The Kier molecular flexibility index (Phi) is 1.75. The predicted octanol–water partition coefficient (Wildman–Crippen LogP) is -1.10. The third-order valence-corrected chi connectivity index (χ3v) is 1.39. The van der Waals surface area contributed by atoms with Crippen molar-refractivity contribution in [1.82, 2.24) is 4.90 Å². The molecule has 5 N–H and O–H groups in total. The van der Waals surface area contributed by atoms with Crippen molar-refractivity contribution in [3.8, 4) is 0 Å². The Morgan fingerprint density at radius 3 is 2.30 bits per heavy atom. The predicted molar refractivity (Wildman–Crippen MR) is 39.7 cm³/mol. The zero-order valence-electron chi connectivity index (χ0n) is 5.67. The number of hydrogen-bond acceptors (Lipinski definition) is 1. The minimum atomic E-state index is -0.0445. The van der Waals surface area contributed by atoms with Crippen LogP contribution in [0.5, 0.6) is 0 Å². The van der Waals surface area contributed by atoms with Crippen molar-refractivity contribution in [1.29, 1.82) is 5.41 Å². The molecule has 0 amide bonds. The van der Waals surface area contributed by atoms with Crippen LogP contribution in [0, 0.1) is 5.41 Å². The summed E-state index contributed by atoms with van der Waals surface area (Å²) in [5, 5.41) is 7.25. The molecule has 1 rings (SSSR count). The molecule has 0 aliphatic carbocycles. The van der Waals surface area contributed by atoms with E-state index in [2.05, 4.69) is 4.99 Å². The number of guanidine groups is 2. The van der Waals surface area contributed by atoms with Crippen molar-refractivity contribution in [3.63, 3.8) is 0 Å². The van der Waals surface area contributed by atoms with Crippen molar-refractivity contribution >= 4 is 11.9 Å². The molecule has 0 saturated carbocycles. The molecule has 0 bridgehead atoms. The van der Waals surface area contributed by atoms with Gasteiger partial charge in [-0.25, -0.2) is 0 Å². The van der Waals surface area contributed by atoms with Gasteiger partial charge in [-0.1, -0.05) is 0 Å². The standard InChI is InChI=1S/C5H11N5/c6-4(7)9-5(8)10-2-1-3-10/h1-3H2,(H5,6,7,8,9). The van der Waals surface area contributed by atoms with Gasteiger partial charge >= 0.3 is 0 Å². The minimum Gasteiger partial charge on any atom is -0.370 e. The van der Waals surface area contributed by atoms with E-state index in [1.807, 2.05) is 0 Å². The average Bonchev–Trinajstić information content (AvgIpc) is 1.55. The molecule has 0 aromatic rings. The van der Waals surface area contributed by atoms with Crippen molar-refractivity contribution in [2.24, 2.45) is 16.5 Å². The highest BCUT2D eigenvalue weighted by molar-refractivity contribution is 5.91. The molecule has 0 atom stereocenters. The lowest BCUT2D eigenvalue weighted by atomic mass is 10.2. The molecular formula is C5H11N5. The number of aliphatic imine (C=N–C) groups is 1. The van der Waals surface area contributed by atoms with Gasteiger partial charge in [0.05, 0.1) is 0 Å².